The summed E-state index contributed by atoms with van der Waals surface area (Å²) < 4.78 is 26.3. The molecule has 4 heteroatoms. The third-order valence-electron chi connectivity index (χ3n) is 2.70. The van der Waals surface area contributed by atoms with Crippen molar-refractivity contribution in [2.75, 3.05) is 6.54 Å². The van der Waals surface area contributed by atoms with E-state index in [9.17, 15) is 13.9 Å². The number of para-hydroxylation sites is 1. The summed E-state index contributed by atoms with van der Waals surface area (Å²) in [5.41, 5.74) is 0.553. The van der Waals surface area contributed by atoms with E-state index < -0.39 is 12.0 Å². The second kappa shape index (κ2) is 3.77. The number of hydrogen-bond acceptors (Lipinski definition) is 2. The minimum atomic E-state index is -2.63. The molecule has 1 fully saturated rings. The van der Waals surface area contributed by atoms with Gasteiger partial charge in [0.05, 0.1) is 0 Å². The maximum Gasteiger partial charge on any atom is 0.251 e. The third-order valence-corrected chi connectivity index (χ3v) is 2.70. The summed E-state index contributed by atoms with van der Waals surface area (Å²) in [7, 11) is 0. The Morgan fingerprint density at radius 3 is 2.73 bits per heavy atom. The van der Waals surface area contributed by atoms with E-state index >= 15 is 0 Å². The maximum absolute atomic E-state index is 13.2. The Hall–Kier alpha value is -1.16. The molecule has 0 aromatic heterocycles. The molecule has 0 saturated carbocycles. The van der Waals surface area contributed by atoms with Crippen LogP contribution >= 0.6 is 0 Å². The van der Waals surface area contributed by atoms with Gasteiger partial charge >= 0.3 is 0 Å². The fourth-order valence-electron chi connectivity index (χ4n) is 1.90. The van der Waals surface area contributed by atoms with Gasteiger partial charge in [-0.15, -0.1) is 0 Å². The number of hydrogen-bond donors (Lipinski definition) is 2. The maximum atomic E-state index is 13.2. The van der Waals surface area contributed by atoms with E-state index in [2.05, 4.69) is 5.32 Å². The summed E-state index contributed by atoms with van der Waals surface area (Å²) >= 11 is 0. The van der Waals surface area contributed by atoms with E-state index in [1.54, 1.807) is 18.2 Å². The molecular weight excluding hydrogens is 200 g/mol. The molecule has 1 aromatic carbocycles. The molecule has 1 unspecified atom stereocenters. The molecule has 0 radical (unpaired) electrons. The van der Waals surface area contributed by atoms with Gasteiger partial charge in [0.15, 0.2) is 0 Å². The van der Waals surface area contributed by atoms with Crippen molar-refractivity contribution in [2.45, 2.75) is 24.8 Å². The van der Waals surface area contributed by atoms with Gasteiger partial charge in [0.25, 0.3) is 5.92 Å². The van der Waals surface area contributed by atoms with Gasteiger partial charge in [-0.2, -0.15) is 0 Å². The van der Waals surface area contributed by atoms with Gasteiger partial charge < -0.3 is 10.4 Å². The predicted molar refractivity (Wildman–Crippen MR) is 53.0 cm³/mol. The van der Waals surface area contributed by atoms with Crippen LogP contribution in [0, 0.1) is 0 Å². The molecule has 82 valence electrons. The summed E-state index contributed by atoms with van der Waals surface area (Å²) in [6.07, 6.45) is -0.373. The van der Waals surface area contributed by atoms with Crippen molar-refractivity contribution in [2.24, 2.45) is 0 Å². The molecule has 1 heterocycles. The summed E-state index contributed by atoms with van der Waals surface area (Å²) in [6, 6.07) is 6.16. The highest BCUT2D eigenvalue weighted by atomic mass is 19.3. The van der Waals surface area contributed by atoms with Crippen molar-refractivity contribution in [3.63, 3.8) is 0 Å². The van der Waals surface area contributed by atoms with E-state index in [1.807, 2.05) is 0 Å². The molecule has 1 atom stereocenters. The zero-order valence-electron chi connectivity index (χ0n) is 8.21. The smallest absolute Gasteiger partial charge is 0.251 e. The monoisotopic (exact) mass is 213 g/mol. The van der Waals surface area contributed by atoms with E-state index in [0.717, 1.165) is 0 Å². The van der Waals surface area contributed by atoms with Crippen molar-refractivity contribution < 1.29 is 13.9 Å². The molecule has 0 spiro atoms. The van der Waals surface area contributed by atoms with Crippen molar-refractivity contribution in [1.82, 2.24) is 5.32 Å². The molecule has 0 amide bonds. The number of phenolic OH excluding ortho intramolecular Hbond substituents is 1. The standard InChI is InChI=1S/C11H13F2NO/c12-11(13)5-6-14-9(7-11)8-3-1-2-4-10(8)15/h1-4,9,14-15H,5-7H2. The van der Waals surface area contributed by atoms with Crippen LogP contribution in [0.3, 0.4) is 0 Å². The number of rotatable bonds is 1. The average molecular weight is 213 g/mol. The number of aromatic hydroxyl groups is 1. The molecule has 0 bridgehead atoms. The molecule has 15 heavy (non-hydrogen) atoms. The highest BCUT2D eigenvalue weighted by Crippen LogP contribution is 2.36. The van der Waals surface area contributed by atoms with Crippen LogP contribution in [-0.4, -0.2) is 17.6 Å². The number of alkyl halides is 2. The minimum absolute atomic E-state index is 0.0766. The molecule has 2 N–H and O–H groups in total. The number of halogens is 2. The molecular formula is C11H13F2NO. The lowest BCUT2D eigenvalue weighted by Crippen LogP contribution is -2.38. The second-order valence-electron chi connectivity index (χ2n) is 3.88. The second-order valence-corrected chi connectivity index (χ2v) is 3.88. The van der Waals surface area contributed by atoms with E-state index in [-0.39, 0.29) is 25.1 Å². The normalized spacial score (nSPS) is 25.1. The fourth-order valence-corrected chi connectivity index (χ4v) is 1.90. The Balaban J connectivity index is 2.21. The molecule has 0 aliphatic carbocycles. The van der Waals surface area contributed by atoms with Gasteiger partial charge in [-0.05, 0) is 6.07 Å². The Morgan fingerprint density at radius 1 is 1.33 bits per heavy atom. The molecule has 1 saturated heterocycles. The van der Waals surface area contributed by atoms with Crippen LogP contribution in [0.25, 0.3) is 0 Å². The third kappa shape index (κ3) is 2.26. The Kier molecular flexibility index (Phi) is 2.61. The summed E-state index contributed by atoms with van der Waals surface area (Å²) in [5, 5.41) is 12.5. The largest absolute Gasteiger partial charge is 0.508 e. The number of phenols is 1. The SMILES string of the molecule is Oc1ccccc1C1CC(F)(F)CCN1. The Morgan fingerprint density at radius 2 is 2.07 bits per heavy atom. The molecule has 1 aromatic rings. The topological polar surface area (TPSA) is 32.3 Å². The van der Waals surface area contributed by atoms with Gasteiger partial charge in [0.2, 0.25) is 0 Å². The lowest BCUT2D eigenvalue weighted by molar-refractivity contribution is -0.0417. The van der Waals surface area contributed by atoms with Crippen LogP contribution in [0.4, 0.5) is 8.78 Å². The fraction of sp³-hybridized carbons (Fsp3) is 0.455. The lowest BCUT2D eigenvalue weighted by Gasteiger charge is -2.30. The first kappa shape index (κ1) is 10.4. The van der Waals surface area contributed by atoms with Crippen molar-refractivity contribution in [1.29, 1.82) is 0 Å². The van der Waals surface area contributed by atoms with Gasteiger partial charge in [0.1, 0.15) is 5.75 Å². The molecule has 1 aliphatic rings. The van der Waals surface area contributed by atoms with Gasteiger partial charge in [-0.25, -0.2) is 8.78 Å². The highest BCUT2D eigenvalue weighted by molar-refractivity contribution is 5.34. The van der Waals surface area contributed by atoms with Gasteiger partial charge in [-0.3, -0.25) is 0 Å². The molecule has 1 aliphatic heterocycles. The van der Waals surface area contributed by atoms with Crippen molar-refractivity contribution in [3.8, 4) is 5.75 Å². The first-order chi connectivity index (χ1) is 7.08. The van der Waals surface area contributed by atoms with Crippen LogP contribution in [0.15, 0.2) is 24.3 Å². The zero-order valence-corrected chi connectivity index (χ0v) is 8.21. The van der Waals surface area contributed by atoms with Crippen LogP contribution in [-0.2, 0) is 0 Å². The van der Waals surface area contributed by atoms with E-state index in [0.29, 0.717) is 5.56 Å². The summed E-state index contributed by atoms with van der Waals surface area (Å²) in [5.74, 6) is -2.55. The van der Waals surface area contributed by atoms with Crippen LogP contribution in [0.1, 0.15) is 24.4 Å². The average Bonchev–Trinajstić information content (AvgIpc) is 2.17. The number of nitrogens with one attached hydrogen (secondary N) is 1. The van der Waals surface area contributed by atoms with Crippen LogP contribution < -0.4 is 5.32 Å². The van der Waals surface area contributed by atoms with Gasteiger partial charge in [0, 0.05) is 31.0 Å². The first-order valence-electron chi connectivity index (χ1n) is 4.98. The first-order valence-corrected chi connectivity index (χ1v) is 4.98. The molecule has 2 rings (SSSR count). The summed E-state index contributed by atoms with van der Waals surface area (Å²) in [4.78, 5) is 0. The van der Waals surface area contributed by atoms with E-state index in [4.69, 9.17) is 0 Å². The van der Waals surface area contributed by atoms with E-state index in [1.165, 1.54) is 6.07 Å². The number of benzene rings is 1. The van der Waals surface area contributed by atoms with Crippen molar-refractivity contribution in [3.05, 3.63) is 29.8 Å². The quantitative estimate of drug-likeness (QED) is 0.751. The lowest BCUT2D eigenvalue weighted by atomic mass is 9.94. The van der Waals surface area contributed by atoms with Gasteiger partial charge in [-0.1, -0.05) is 18.2 Å². The minimum Gasteiger partial charge on any atom is -0.508 e. The van der Waals surface area contributed by atoms with Crippen LogP contribution in [0.2, 0.25) is 0 Å². The Labute approximate surface area is 86.9 Å². The Bertz CT molecular complexity index is 354. The highest BCUT2D eigenvalue weighted by Gasteiger charge is 2.37. The molecule has 2 nitrogen and oxygen atoms in total. The summed E-state index contributed by atoms with van der Waals surface area (Å²) in [6.45, 7) is 0.284. The zero-order chi connectivity index (χ0) is 10.9. The van der Waals surface area contributed by atoms with Crippen LogP contribution in [0.5, 0.6) is 5.75 Å². The number of piperidine rings is 1. The predicted octanol–water partition coefficient (Wildman–Crippen LogP) is 2.45. The van der Waals surface area contributed by atoms with Crippen molar-refractivity contribution >= 4 is 0 Å².